The van der Waals surface area contributed by atoms with E-state index in [1.54, 1.807) is 6.92 Å². The number of hydrogen-bond donors (Lipinski definition) is 2. The summed E-state index contributed by atoms with van der Waals surface area (Å²) in [7, 11) is 0. The van der Waals surface area contributed by atoms with Gasteiger partial charge in [0.2, 0.25) is 0 Å². The minimum atomic E-state index is -0.775. The van der Waals surface area contributed by atoms with Crippen LogP contribution in [0.2, 0.25) is 0 Å². The van der Waals surface area contributed by atoms with E-state index in [0.717, 1.165) is 32.1 Å². The van der Waals surface area contributed by atoms with Crippen LogP contribution < -0.4 is 0 Å². The van der Waals surface area contributed by atoms with Crippen molar-refractivity contribution in [3.05, 3.63) is 0 Å². The highest BCUT2D eigenvalue weighted by atomic mass is 16.4. The first-order valence-electron chi connectivity index (χ1n) is 5.40. The van der Waals surface area contributed by atoms with Crippen LogP contribution in [0.15, 0.2) is 0 Å². The average molecular weight is 198 g/mol. The molecule has 2 unspecified atom stereocenters. The van der Waals surface area contributed by atoms with E-state index < -0.39 is 11.6 Å². The highest BCUT2D eigenvalue weighted by Gasteiger charge is 2.57. The first kappa shape index (κ1) is 9.97. The molecule has 0 aromatic carbocycles. The number of hydrogen-bond acceptors (Lipinski definition) is 2. The summed E-state index contributed by atoms with van der Waals surface area (Å²) in [4.78, 5) is 10.8. The van der Waals surface area contributed by atoms with Gasteiger partial charge in [0, 0.05) is 5.92 Å². The van der Waals surface area contributed by atoms with Crippen molar-refractivity contribution in [3.8, 4) is 0 Å². The molecule has 2 aliphatic carbocycles. The molecule has 14 heavy (non-hydrogen) atoms. The second-order valence-corrected chi connectivity index (χ2v) is 5.22. The van der Waals surface area contributed by atoms with E-state index in [2.05, 4.69) is 0 Å². The Kier molecular flexibility index (Phi) is 2.11. The van der Waals surface area contributed by atoms with Gasteiger partial charge in [-0.1, -0.05) is 6.42 Å². The molecule has 2 atom stereocenters. The van der Waals surface area contributed by atoms with Crippen LogP contribution in [-0.2, 0) is 4.79 Å². The third-order valence-electron chi connectivity index (χ3n) is 4.12. The Labute approximate surface area is 84.1 Å². The van der Waals surface area contributed by atoms with Gasteiger partial charge in [-0.2, -0.15) is 0 Å². The zero-order valence-electron chi connectivity index (χ0n) is 8.62. The topological polar surface area (TPSA) is 57.5 Å². The summed E-state index contributed by atoms with van der Waals surface area (Å²) < 4.78 is 0. The number of aliphatic hydroxyl groups is 1. The molecular weight excluding hydrogens is 180 g/mol. The number of rotatable bonds is 2. The molecule has 80 valence electrons. The minimum Gasteiger partial charge on any atom is -0.481 e. The van der Waals surface area contributed by atoms with Crippen molar-refractivity contribution < 1.29 is 15.0 Å². The van der Waals surface area contributed by atoms with E-state index in [4.69, 9.17) is 5.11 Å². The lowest BCUT2D eigenvalue weighted by Crippen LogP contribution is -2.44. The largest absolute Gasteiger partial charge is 0.481 e. The molecule has 0 aromatic heterocycles. The van der Waals surface area contributed by atoms with Crippen LogP contribution in [0.3, 0.4) is 0 Å². The summed E-state index contributed by atoms with van der Waals surface area (Å²) in [5.74, 6) is -0.801. The van der Waals surface area contributed by atoms with E-state index in [9.17, 15) is 9.90 Å². The Bertz CT molecular complexity index is 247. The second kappa shape index (κ2) is 2.96. The number of carboxylic acids is 1. The summed E-state index contributed by atoms with van der Waals surface area (Å²) >= 11 is 0. The smallest absolute Gasteiger partial charge is 0.303 e. The highest BCUT2D eigenvalue weighted by Crippen LogP contribution is 2.62. The second-order valence-electron chi connectivity index (χ2n) is 5.22. The van der Waals surface area contributed by atoms with Gasteiger partial charge < -0.3 is 10.2 Å². The minimum absolute atomic E-state index is 0.0266. The van der Waals surface area contributed by atoms with E-state index in [-0.39, 0.29) is 17.8 Å². The Balaban J connectivity index is 2.16. The fraction of sp³-hybridized carbons (Fsp3) is 0.909. The molecule has 2 rings (SSSR count). The summed E-state index contributed by atoms with van der Waals surface area (Å²) in [5, 5.41) is 19.0. The van der Waals surface area contributed by atoms with E-state index in [0.29, 0.717) is 0 Å². The molecule has 0 aliphatic heterocycles. The van der Waals surface area contributed by atoms with Gasteiger partial charge in [-0.25, -0.2) is 0 Å². The molecule has 3 nitrogen and oxygen atoms in total. The Morgan fingerprint density at radius 3 is 2.50 bits per heavy atom. The molecule has 0 radical (unpaired) electrons. The number of aliphatic carboxylic acids is 1. The Morgan fingerprint density at radius 1 is 1.36 bits per heavy atom. The summed E-state index contributed by atoms with van der Waals surface area (Å²) in [6, 6.07) is 0. The standard InChI is InChI=1S/C11H18O3/c1-10(14)3-2-4-11(5-6-11)8(10)7-9(12)13/h8,14H,2-7H2,1H3,(H,12,13). The first-order valence-corrected chi connectivity index (χ1v) is 5.40. The fourth-order valence-electron chi connectivity index (χ4n) is 3.18. The van der Waals surface area contributed by atoms with Crippen molar-refractivity contribution >= 4 is 5.97 Å². The van der Waals surface area contributed by atoms with Gasteiger partial charge in [-0.15, -0.1) is 0 Å². The highest BCUT2D eigenvalue weighted by molar-refractivity contribution is 5.67. The molecule has 2 saturated carbocycles. The van der Waals surface area contributed by atoms with Crippen molar-refractivity contribution in [2.45, 2.75) is 51.0 Å². The third-order valence-corrected chi connectivity index (χ3v) is 4.12. The van der Waals surface area contributed by atoms with Crippen LogP contribution in [-0.4, -0.2) is 21.8 Å². The fourth-order valence-corrected chi connectivity index (χ4v) is 3.18. The molecule has 3 heteroatoms. The first-order chi connectivity index (χ1) is 6.46. The van der Waals surface area contributed by atoms with Gasteiger partial charge in [0.05, 0.1) is 12.0 Å². The molecule has 0 bridgehead atoms. The van der Waals surface area contributed by atoms with Crippen molar-refractivity contribution in [2.75, 3.05) is 0 Å². The third kappa shape index (κ3) is 1.54. The predicted molar refractivity (Wildman–Crippen MR) is 51.9 cm³/mol. The lowest BCUT2D eigenvalue weighted by molar-refractivity contribution is -0.145. The molecule has 1 spiro atoms. The van der Waals surface area contributed by atoms with Crippen molar-refractivity contribution in [2.24, 2.45) is 11.3 Å². The monoisotopic (exact) mass is 198 g/mol. The quantitative estimate of drug-likeness (QED) is 0.711. The summed E-state index contributed by atoms with van der Waals surface area (Å²) in [6.45, 7) is 1.81. The van der Waals surface area contributed by atoms with E-state index >= 15 is 0 Å². The maximum atomic E-state index is 10.8. The summed E-state index contributed by atoms with van der Waals surface area (Å²) in [6.07, 6.45) is 5.27. The molecule has 0 saturated heterocycles. The van der Waals surface area contributed by atoms with Crippen molar-refractivity contribution in [3.63, 3.8) is 0 Å². The molecule has 0 aromatic rings. The Morgan fingerprint density at radius 2 is 2.00 bits per heavy atom. The normalized spacial score (nSPS) is 39.7. The van der Waals surface area contributed by atoms with Gasteiger partial charge in [0.1, 0.15) is 0 Å². The van der Waals surface area contributed by atoms with Crippen LogP contribution in [0.5, 0.6) is 0 Å². The lowest BCUT2D eigenvalue weighted by Gasteiger charge is -2.42. The molecular formula is C11H18O3. The van der Waals surface area contributed by atoms with Crippen LogP contribution >= 0.6 is 0 Å². The number of carboxylic acid groups (broad SMARTS) is 1. The lowest BCUT2D eigenvalue weighted by atomic mass is 9.66. The van der Waals surface area contributed by atoms with Gasteiger partial charge in [0.25, 0.3) is 0 Å². The van der Waals surface area contributed by atoms with Gasteiger partial charge in [0.15, 0.2) is 0 Å². The van der Waals surface area contributed by atoms with E-state index in [1.165, 1.54) is 0 Å². The SMILES string of the molecule is CC1(O)CCCC2(CC2)C1CC(=O)O. The maximum Gasteiger partial charge on any atom is 0.303 e. The average Bonchev–Trinajstić information content (AvgIpc) is 2.78. The molecule has 2 N–H and O–H groups in total. The van der Waals surface area contributed by atoms with Crippen molar-refractivity contribution in [1.29, 1.82) is 0 Å². The van der Waals surface area contributed by atoms with Crippen LogP contribution in [0.25, 0.3) is 0 Å². The van der Waals surface area contributed by atoms with Crippen LogP contribution in [0, 0.1) is 11.3 Å². The maximum absolute atomic E-state index is 10.8. The molecule has 0 heterocycles. The van der Waals surface area contributed by atoms with Gasteiger partial charge >= 0.3 is 5.97 Å². The van der Waals surface area contributed by atoms with Gasteiger partial charge in [-0.05, 0) is 38.0 Å². The Hall–Kier alpha value is -0.570. The van der Waals surface area contributed by atoms with Gasteiger partial charge in [-0.3, -0.25) is 4.79 Å². The zero-order chi connectivity index (χ0) is 10.4. The molecule has 2 aliphatic rings. The molecule has 2 fully saturated rings. The van der Waals surface area contributed by atoms with Crippen molar-refractivity contribution in [1.82, 2.24) is 0 Å². The zero-order valence-corrected chi connectivity index (χ0v) is 8.62. The van der Waals surface area contributed by atoms with Crippen LogP contribution in [0.4, 0.5) is 0 Å². The predicted octanol–water partition coefficient (Wildman–Crippen LogP) is 1.79. The number of carbonyl (C=O) groups is 1. The van der Waals surface area contributed by atoms with E-state index in [1.807, 2.05) is 0 Å². The summed E-state index contributed by atoms with van der Waals surface area (Å²) in [5.41, 5.74) is -0.576. The molecule has 0 amide bonds. The van der Waals surface area contributed by atoms with Crippen LogP contribution in [0.1, 0.15) is 45.4 Å².